The first kappa shape index (κ1) is 16.7. The topological polar surface area (TPSA) is 88.8 Å². The van der Waals surface area contributed by atoms with Crippen molar-refractivity contribution >= 4 is 17.5 Å². The van der Waals surface area contributed by atoms with Crippen LogP contribution in [0, 0.1) is 0 Å². The average molecular weight is 354 g/mol. The predicted octanol–water partition coefficient (Wildman–Crippen LogP) is 1.12. The number of hydrogen-bond acceptors (Lipinski definition) is 6. The molecule has 134 valence electrons. The van der Waals surface area contributed by atoms with E-state index in [9.17, 15) is 14.4 Å². The number of amides is 1. The highest BCUT2D eigenvalue weighted by Gasteiger charge is 2.34. The summed E-state index contributed by atoms with van der Waals surface area (Å²) in [4.78, 5) is 39.6. The number of furan rings is 1. The fourth-order valence-electron chi connectivity index (χ4n) is 3.23. The van der Waals surface area contributed by atoms with E-state index in [2.05, 4.69) is 10.2 Å². The maximum atomic E-state index is 12.5. The van der Waals surface area contributed by atoms with Crippen LogP contribution in [0.3, 0.4) is 0 Å². The molecule has 4 rings (SSSR count). The summed E-state index contributed by atoms with van der Waals surface area (Å²) in [6.45, 7) is 4.23. The molecule has 1 aromatic carbocycles. The maximum Gasteiger partial charge on any atom is 0.287 e. The van der Waals surface area contributed by atoms with E-state index < -0.39 is 5.91 Å². The molecule has 1 aliphatic carbocycles. The lowest BCUT2D eigenvalue weighted by atomic mass is 9.89. The zero-order chi connectivity index (χ0) is 18.1. The Labute approximate surface area is 149 Å². The Hall–Kier alpha value is -2.77. The molecule has 1 aromatic heterocycles. The highest BCUT2D eigenvalue weighted by Crippen LogP contribution is 2.29. The lowest BCUT2D eigenvalue weighted by Gasteiger charge is -2.26. The van der Waals surface area contributed by atoms with Crippen molar-refractivity contribution in [2.75, 3.05) is 39.4 Å². The van der Waals surface area contributed by atoms with Crippen LogP contribution in [-0.2, 0) is 4.74 Å². The van der Waals surface area contributed by atoms with E-state index in [0.717, 1.165) is 13.1 Å². The number of rotatable bonds is 4. The monoisotopic (exact) mass is 354 g/mol. The highest BCUT2D eigenvalue weighted by molar-refractivity contribution is 6.27. The van der Waals surface area contributed by atoms with Crippen LogP contribution in [0.2, 0.25) is 0 Å². The number of carbonyl (C=O) groups excluding carboxylic acids is 3. The number of benzene rings is 1. The standard InChI is InChI=1S/C19H18N2O5/c22-16-12-3-1-2-4-13(12)17(23)18-14(16)11-15(26-18)19(24)20-5-6-21-7-9-25-10-8-21/h1-4,11H,5-10H2,(H,20,24). The third-order valence-electron chi connectivity index (χ3n) is 4.64. The molecule has 0 bridgehead atoms. The van der Waals surface area contributed by atoms with Crippen LogP contribution in [0.15, 0.2) is 34.7 Å². The van der Waals surface area contributed by atoms with E-state index in [-0.39, 0.29) is 28.7 Å². The second-order valence-electron chi connectivity index (χ2n) is 6.27. The number of nitrogens with zero attached hydrogens (tertiary/aromatic N) is 1. The minimum Gasteiger partial charge on any atom is -0.447 e. The number of carbonyl (C=O) groups is 3. The number of nitrogens with one attached hydrogen (secondary N) is 1. The first-order valence-corrected chi connectivity index (χ1v) is 8.55. The van der Waals surface area contributed by atoms with Gasteiger partial charge in [-0.2, -0.15) is 0 Å². The van der Waals surface area contributed by atoms with Crippen LogP contribution in [0.4, 0.5) is 0 Å². The van der Waals surface area contributed by atoms with Crippen LogP contribution in [-0.4, -0.2) is 61.8 Å². The molecule has 1 fully saturated rings. The highest BCUT2D eigenvalue weighted by atomic mass is 16.5. The van der Waals surface area contributed by atoms with Crippen LogP contribution in [0.1, 0.15) is 42.6 Å². The molecule has 26 heavy (non-hydrogen) atoms. The van der Waals surface area contributed by atoms with Gasteiger partial charge in [0.05, 0.1) is 18.8 Å². The molecular formula is C19H18N2O5. The van der Waals surface area contributed by atoms with Crippen molar-refractivity contribution < 1.29 is 23.5 Å². The van der Waals surface area contributed by atoms with Crippen LogP contribution in [0.25, 0.3) is 0 Å². The fraction of sp³-hybridized carbons (Fsp3) is 0.316. The maximum absolute atomic E-state index is 12.5. The first-order chi connectivity index (χ1) is 12.6. The number of fused-ring (bicyclic) bond motifs is 2. The molecule has 1 saturated heterocycles. The van der Waals surface area contributed by atoms with Gasteiger partial charge in [-0.1, -0.05) is 24.3 Å². The zero-order valence-electron chi connectivity index (χ0n) is 14.1. The third kappa shape index (κ3) is 2.95. The SMILES string of the molecule is O=C(NCCN1CCOCC1)c1cc2c(o1)C(=O)c1ccccc1C2=O. The Balaban J connectivity index is 1.46. The molecule has 2 aromatic rings. The van der Waals surface area contributed by atoms with Crippen molar-refractivity contribution in [2.24, 2.45) is 0 Å². The molecule has 2 heterocycles. The lowest BCUT2D eigenvalue weighted by molar-refractivity contribution is 0.0382. The van der Waals surface area contributed by atoms with Gasteiger partial charge in [-0.15, -0.1) is 0 Å². The quantitative estimate of drug-likeness (QED) is 0.755. The summed E-state index contributed by atoms with van der Waals surface area (Å²) in [6, 6.07) is 7.94. The summed E-state index contributed by atoms with van der Waals surface area (Å²) in [5, 5.41) is 2.77. The summed E-state index contributed by atoms with van der Waals surface area (Å²) >= 11 is 0. The van der Waals surface area contributed by atoms with Crippen molar-refractivity contribution in [3.05, 3.63) is 58.5 Å². The van der Waals surface area contributed by atoms with Crippen molar-refractivity contribution in [3.8, 4) is 0 Å². The van der Waals surface area contributed by atoms with Crippen molar-refractivity contribution in [1.29, 1.82) is 0 Å². The van der Waals surface area contributed by atoms with E-state index >= 15 is 0 Å². The Morgan fingerprint density at radius 3 is 2.46 bits per heavy atom. The third-order valence-corrected chi connectivity index (χ3v) is 4.64. The number of ketones is 2. The second-order valence-corrected chi connectivity index (χ2v) is 6.27. The largest absolute Gasteiger partial charge is 0.447 e. The van der Waals surface area contributed by atoms with Gasteiger partial charge in [0.2, 0.25) is 5.78 Å². The van der Waals surface area contributed by atoms with Gasteiger partial charge in [0, 0.05) is 43.4 Å². The molecule has 0 atom stereocenters. The van der Waals surface area contributed by atoms with Gasteiger partial charge in [0.1, 0.15) is 0 Å². The summed E-state index contributed by atoms with van der Waals surface area (Å²) < 4.78 is 10.7. The number of ether oxygens (including phenoxy) is 1. The fourth-order valence-corrected chi connectivity index (χ4v) is 3.23. The van der Waals surface area contributed by atoms with Crippen molar-refractivity contribution in [2.45, 2.75) is 0 Å². The zero-order valence-corrected chi connectivity index (χ0v) is 14.1. The molecule has 7 heteroatoms. The average Bonchev–Trinajstić information content (AvgIpc) is 3.13. The van der Waals surface area contributed by atoms with E-state index in [4.69, 9.17) is 9.15 Å². The van der Waals surface area contributed by atoms with Crippen LogP contribution < -0.4 is 5.32 Å². The van der Waals surface area contributed by atoms with Gasteiger partial charge in [0.15, 0.2) is 17.3 Å². The minimum absolute atomic E-state index is 0.0218. The molecule has 1 amide bonds. The predicted molar refractivity (Wildman–Crippen MR) is 91.6 cm³/mol. The Morgan fingerprint density at radius 2 is 1.73 bits per heavy atom. The van der Waals surface area contributed by atoms with Gasteiger partial charge in [-0.3, -0.25) is 19.3 Å². The van der Waals surface area contributed by atoms with Crippen LogP contribution >= 0.6 is 0 Å². The molecule has 0 radical (unpaired) electrons. The molecule has 0 saturated carbocycles. The van der Waals surface area contributed by atoms with Gasteiger partial charge < -0.3 is 14.5 Å². The van der Waals surface area contributed by atoms with E-state index in [1.807, 2.05) is 0 Å². The molecule has 2 aliphatic rings. The Bertz CT molecular complexity index is 827. The van der Waals surface area contributed by atoms with Crippen LogP contribution in [0.5, 0.6) is 0 Å². The summed E-state index contributed by atoms with van der Waals surface area (Å²) in [5.41, 5.74) is 0.788. The van der Waals surface area contributed by atoms with Crippen molar-refractivity contribution in [1.82, 2.24) is 10.2 Å². The molecular weight excluding hydrogens is 336 g/mol. The molecule has 7 nitrogen and oxygen atoms in total. The van der Waals surface area contributed by atoms with Gasteiger partial charge in [0.25, 0.3) is 5.91 Å². The minimum atomic E-state index is -0.433. The normalized spacial score (nSPS) is 16.9. The van der Waals surface area contributed by atoms with Crippen molar-refractivity contribution in [3.63, 3.8) is 0 Å². The second kappa shape index (κ2) is 6.86. The lowest BCUT2D eigenvalue weighted by Crippen LogP contribution is -2.41. The van der Waals surface area contributed by atoms with E-state index in [0.29, 0.717) is 37.4 Å². The first-order valence-electron chi connectivity index (χ1n) is 8.55. The van der Waals surface area contributed by atoms with E-state index in [1.54, 1.807) is 24.3 Å². The Morgan fingerprint density at radius 1 is 1.04 bits per heavy atom. The molecule has 0 unspecified atom stereocenters. The summed E-state index contributed by atoms with van der Waals surface area (Å²) in [7, 11) is 0. The van der Waals surface area contributed by atoms with E-state index in [1.165, 1.54) is 6.07 Å². The molecule has 1 N–H and O–H groups in total. The van der Waals surface area contributed by atoms with Gasteiger partial charge >= 0.3 is 0 Å². The number of hydrogen-bond donors (Lipinski definition) is 1. The van der Waals surface area contributed by atoms with Gasteiger partial charge in [-0.25, -0.2) is 0 Å². The Kier molecular flexibility index (Phi) is 4.40. The van der Waals surface area contributed by atoms with Gasteiger partial charge in [-0.05, 0) is 0 Å². The molecule has 0 spiro atoms. The molecule has 1 aliphatic heterocycles. The summed E-state index contributed by atoms with van der Waals surface area (Å²) in [5.74, 6) is -1.19. The smallest absolute Gasteiger partial charge is 0.287 e. The summed E-state index contributed by atoms with van der Waals surface area (Å²) in [6.07, 6.45) is 0. The number of morpholine rings is 1.